The zero-order valence-electron chi connectivity index (χ0n) is 15.0. The highest BCUT2D eigenvalue weighted by atomic mass is 16.5. The second-order valence-electron chi connectivity index (χ2n) is 8.85. The summed E-state index contributed by atoms with van der Waals surface area (Å²) in [5, 5.41) is 3.60. The zero-order chi connectivity index (χ0) is 17.7. The zero-order valence-corrected chi connectivity index (χ0v) is 15.0. The molecular formula is C21H24N2O3. The number of carbonyl (C=O) groups is 2. The van der Waals surface area contributed by atoms with Crippen molar-refractivity contribution < 1.29 is 14.3 Å². The maximum Gasteiger partial charge on any atom is 0.332 e. The van der Waals surface area contributed by atoms with Crippen LogP contribution >= 0.6 is 0 Å². The Morgan fingerprint density at radius 3 is 3.00 bits per heavy atom. The number of methoxy groups -OCH3 is 1. The van der Waals surface area contributed by atoms with E-state index >= 15 is 0 Å². The standard InChI is InChI=1S/C21H24N2O3/c1-26-19(25)20-8-6-13-12-7-9-23-11-15(17(24)10-12)21(20,18(13)23)14-4-2-3-5-16(14)22-20/h2-5,12-13,15,18,22H,6-11H2,1H3/t12-,13-,15+,18+,20+,21+/m0/s1. The summed E-state index contributed by atoms with van der Waals surface area (Å²) in [6.45, 7) is 1.85. The predicted molar refractivity (Wildman–Crippen MR) is 95.8 cm³/mol. The molecular weight excluding hydrogens is 328 g/mol. The van der Waals surface area contributed by atoms with Gasteiger partial charge in [-0.25, -0.2) is 4.79 Å². The maximum atomic E-state index is 13.4. The van der Waals surface area contributed by atoms with Crippen LogP contribution in [-0.2, 0) is 19.7 Å². The second kappa shape index (κ2) is 4.69. The summed E-state index contributed by atoms with van der Waals surface area (Å²) >= 11 is 0. The number of piperidine rings is 1. The minimum Gasteiger partial charge on any atom is -0.467 e. The van der Waals surface area contributed by atoms with Crippen LogP contribution in [0.25, 0.3) is 0 Å². The van der Waals surface area contributed by atoms with Gasteiger partial charge in [-0.2, -0.15) is 0 Å². The number of nitrogens with zero attached hydrogens (tertiary/aromatic N) is 1. The van der Waals surface area contributed by atoms with Crippen molar-refractivity contribution in [1.29, 1.82) is 0 Å². The minimum atomic E-state index is -0.812. The number of ether oxygens (including phenoxy) is 1. The van der Waals surface area contributed by atoms with Gasteiger partial charge in [0.15, 0.2) is 0 Å². The number of esters is 1. The van der Waals surface area contributed by atoms with Crippen LogP contribution in [0.1, 0.15) is 31.2 Å². The first-order valence-corrected chi connectivity index (χ1v) is 9.86. The topological polar surface area (TPSA) is 58.6 Å². The number of carbonyl (C=O) groups excluding carboxylic acids is 2. The number of rotatable bonds is 1. The Hall–Kier alpha value is -1.88. The fourth-order valence-corrected chi connectivity index (χ4v) is 7.59. The molecule has 2 aliphatic carbocycles. The van der Waals surface area contributed by atoms with E-state index in [1.165, 1.54) is 12.7 Å². The van der Waals surface area contributed by atoms with E-state index in [9.17, 15) is 9.59 Å². The van der Waals surface area contributed by atoms with Crippen LogP contribution in [0.5, 0.6) is 0 Å². The molecule has 136 valence electrons. The van der Waals surface area contributed by atoms with Gasteiger partial charge in [-0.05, 0) is 49.3 Å². The average molecular weight is 352 g/mol. The first kappa shape index (κ1) is 15.2. The number of anilines is 1. The number of benzene rings is 1. The van der Waals surface area contributed by atoms with Crippen LogP contribution in [0.3, 0.4) is 0 Å². The number of para-hydroxylation sites is 1. The van der Waals surface area contributed by atoms with Crippen LogP contribution < -0.4 is 5.32 Å². The predicted octanol–water partition coefficient (Wildman–Crippen LogP) is 1.96. The summed E-state index contributed by atoms with van der Waals surface area (Å²) in [5.74, 6) is 1.03. The lowest BCUT2D eigenvalue weighted by Gasteiger charge is -2.56. The molecule has 0 unspecified atom stereocenters. The van der Waals surface area contributed by atoms with E-state index in [0.717, 1.165) is 38.0 Å². The molecule has 6 atom stereocenters. The normalized spacial score (nSPS) is 44.9. The molecule has 0 radical (unpaired) electrons. The smallest absolute Gasteiger partial charge is 0.332 e. The number of Topliss-reactive ketones (excluding diaryl/α,β-unsaturated/α-hetero) is 1. The molecule has 2 saturated carbocycles. The van der Waals surface area contributed by atoms with Crippen molar-refractivity contribution in [3.05, 3.63) is 29.8 Å². The van der Waals surface area contributed by atoms with Crippen molar-refractivity contribution in [2.75, 3.05) is 25.5 Å². The third kappa shape index (κ3) is 1.39. The molecule has 2 saturated heterocycles. The molecule has 5 nitrogen and oxygen atoms in total. The fraction of sp³-hybridized carbons (Fsp3) is 0.619. The Morgan fingerprint density at radius 1 is 1.31 bits per heavy atom. The second-order valence-corrected chi connectivity index (χ2v) is 8.85. The number of nitrogens with one attached hydrogen (secondary N) is 1. The summed E-state index contributed by atoms with van der Waals surface area (Å²) in [6.07, 6.45) is 3.56. The molecule has 1 aromatic rings. The highest BCUT2D eigenvalue weighted by Gasteiger charge is 2.78. The van der Waals surface area contributed by atoms with Gasteiger partial charge < -0.3 is 10.1 Å². The third-order valence-electron chi connectivity index (χ3n) is 8.29. The molecule has 5 heteroatoms. The third-order valence-corrected chi connectivity index (χ3v) is 8.29. The molecule has 1 spiro atoms. The number of ketones is 1. The quantitative estimate of drug-likeness (QED) is 0.783. The van der Waals surface area contributed by atoms with Crippen molar-refractivity contribution in [3.63, 3.8) is 0 Å². The van der Waals surface area contributed by atoms with Crippen LogP contribution in [0.4, 0.5) is 5.69 Å². The highest BCUT2D eigenvalue weighted by Crippen LogP contribution is 2.68. The monoisotopic (exact) mass is 352 g/mol. The Labute approximate surface area is 153 Å². The van der Waals surface area contributed by atoms with Gasteiger partial charge in [0.1, 0.15) is 11.3 Å². The molecule has 5 bridgehead atoms. The van der Waals surface area contributed by atoms with Gasteiger partial charge in [-0.3, -0.25) is 9.69 Å². The molecule has 1 N–H and O–H groups in total. The van der Waals surface area contributed by atoms with Gasteiger partial charge in [0.25, 0.3) is 0 Å². The van der Waals surface area contributed by atoms with E-state index in [2.05, 4.69) is 28.4 Å². The summed E-state index contributed by atoms with van der Waals surface area (Å²) in [7, 11) is 1.48. The fourth-order valence-electron chi connectivity index (χ4n) is 7.59. The van der Waals surface area contributed by atoms with Crippen LogP contribution in [0.2, 0.25) is 0 Å². The van der Waals surface area contributed by atoms with Gasteiger partial charge in [0.05, 0.1) is 12.5 Å². The molecule has 0 amide bonds. The maximum absolute atomic E-state index is 13.4. The molecule has 6 rings (SSSR count). The average Bonchev–Trinajstić information content (AvgIpc) is 3.15. The molecule has 4 fully saturated rings. The number of hydrogen-bond acceptors (Lipinski definition) is 5. The Bertz CT molecular complexity index is 838. The molecule has 26 heavy (non-hydrogen) atoms. The van der Waals surface area contributed by atoms with Gasteiger partial charge >= 0.3 is 5.97 Å². The van der Waals surface area contributed by atoms with Crippen LogP contribution in [0, 0.1) is 17.8 Å². The van der Waals surface area contributed by atoms with Gasteiger partial charge in [-0.1, -0.05) is 18.2 Å². The first-order chi connectivity index (χ1) is 12.6. The minimum absolute atomic E-state index is 0.115. The number of fused-ring (bicyclic) bond motifs is 1. The Kier molecular flexibility index (Phi) is 2.74. The van der Waals surface area contributed by atoms with Crippen molar-refractivity contribution in [2.45, 2.75) is 42.7 Å². The van der Waals surface area contributed by atoms with E-state index in [0.29, 0.717) is 24.0 Å². The summed E-state index contributed by atoms with van der Waals surface area (Å²) < 4.78 is 5.36. The van der Waals surface area contributed by atoms with E-state index < -0.39 is 11.0 Å². The summed E-state index contributed by atoms with van der Waals surface area (Å²) in [6, 6.07) is 8.53. The van der Waals surface area contributed by atoms with E-state index in [-0.39, 0.29) is 17.9 Å². The molecule has 0 aromatic heterocycles. The molecule has 5 aliphatic rings. The summed E-state index contributed by atoms with van der Waals surface area (Å²) in [5.41, 5.74) is 0.894. The molecule has 3 heterocycles. The largest absolute Gasteiger partial charge is 0.467 e. The van der Waals surface area contributed by atoms with E-state index in [4.69, 9.17) is 4.74 Å². The Balaban J connectivity index is 1.70. The molecule has 1 aromatic carbocycles. The van der Waals surface area contributed by atoms with Crippen LogP contribution in [-0.4, -0.2) is 48.4 Å². The SMILES string of the molecule is COC(=O)[C@]12CC[C@H]3[C@H]4CCN5C[C@H](C(=O)C4)[C@]1(c1ccccc1N2)[C@@H]35. The lowest BCUT2D eigenvalue weighted by atomic mass is 9.50. The molecule has 3 aliphatic heterocycles. The number of hydrogen-bond donors (Lipinski definition) is 1. The first-order valence-electron chi connectivity index (χ1n) is 9.86. The van der Waals surface area contributed by atoms with E-state index in [1.54, 1.807) is 0 Å². The van der Waals surface area contributed by atoms with Crippen molar-refractivity contribution in [2.24, 2.45) is 17.8 Å². The highest BCUT2D eigenvalue weighted by molar-refractivity contribution is 5.96. The van der Waals surface area contributed by atoms with Crippen molar-refractivity contribution >= 4 is 17.4 Å². The van der Waals surface area contributed by atoms with Crippen molar-refractivity contribution in [3.8, 4) is 0 Å². The lowest BCUT2D eigenvalue weighted by Crippen LogP contribution is -2.70. The van der Waals surface area contributed by atoms with Crippen molar-refractivity contribution in [1.82, 2.24) is 4.90 Å². The van der Waals surface area contributed by atoms with Crippen LogP contribution in [0.15, 0.2) is 24.3 Å². The van der Waals surface area contributed by atoms with Gasteiger partial charge in [0, 0.05) is 30.6 Å². The van der Waals surface area contributed by atoms with Gasteiger partial charge in [0.2, 0.25) is 0 Å². The Morgan fingerprint density at radius 2 is 2.15 bits per heavy atom. The van der Waals surface area contributed by atoms with E-state index in [1.807, 2.05) is 6.07 Å². The summed E-state index contributed by atoms with van der Waals surface area (Å²) in [4.78, 5) is 29.2. The lowest BCUT2D eigenvalue weighted by molar-refractivity contribution is -0.153. The van der Waals surface area contributed by atoms with Gasteiger partial charge in [-0.15, -0.1) is 0 Å².